The summed E-state index contributed by atoms with van der Waals surface area (Å²) >= 11 is 4.71. The van der Waals surface area contributed by atoms with Gasteiger partial charge < -0.3 is 38.7 Å². The Kier molecular flexibility index (Phi) is 31.7. The third-order valence-corrected chi connectivity index (χ3v) is 36.3. The summed E-state index contributed by atoms with van der Waals surface area (Å²) in [6, 6.07) is 54.2. The van der Waals surface area contributed by atoms with Crippen molar-refractivity contribution in [3.8, 4) is 23.0 Å². The highest BCUT2D eigenvalue weighted by atomic mass is 32.2. The Morgan fingerprint density at radius 2 is 0.400 bits per heavy atom. The molecule has 8 aromatic rings. The quantitative estimate of drug-likeness (QED) is 0.0214. The highest BCUT2D eigenvalue weighted by Crippen LogP contribution is 2.59. The predicted octanol–water partition coefficient (Wildman–Crippen LogP) is 25.6. The second-order valence-electron chi connectivity index (χ2n) is 27.7. The summed E-state index contributed by atoms with van der Waals surface area (Å²) in [7, 11) is -12.6. The Balaban J connectivity index is 1.25. The molecule has 4 N–H and O–H groups in total. The fourth-order valence-corrected chi connectivity index (χ4v) is 29.6. The van der Waals surface area contributed by atoms with Gasteiger partial charge in [-0.1, -0.05) is 324 Å². The van der Waals surface area contributed by atoms with E-state index in [0.29, 0.717) is 86.1 Å². The van der Waals surface area contributed by atoms with Gasteiger partial charge in [-0.3, -0.25) is 0 Å². The van der Waals surface area contributed by atoms with E-state index in [2.05, 4.69) is 27.7 Å². The van der Waals surface area contributed by atoms with Crippen molar-refractivity contribution in [3.63, 3.8) is 0 Å². The third-order valence-electron chi connectivity index (χ3n) is 19.4. The molecule has 16 heteroatoms. The summed E-state index contributed by atoms with van der Waals surface area (Å²) in [6.45, 7) is 8.83. The molecule has 0 aliphatic carbocycles. The second kappa shape index (κ2) is 40.0. The van der Waals surface area contributed by atoms with Crippen molar-refractivity contribution in [1.29, 1.82) is 0 Å². The number of aromatic hydroxyl groups is 4. The van der Waals surface area contributed by atoms with Crippen molar-refractivity contribution in [3.05, 3.63) is 192 Å². The molecule has 0 spiro atoms. The zero-order valence-corrected chi connectivity index (χ0v) is 66.5. The van der Waals surface area contributed by atoms with Crippen LogP contribution in [0.3, 0.4) is 0 Å². The number of fused-ring (bicyclic) bond motifs is 8. The lowest BCUT2D eigenvalue weighted by atomic mass is 10.1. The first-order chi connectivity index (χ1) is 48.5. The van der Waals surface area contributed by atoms with Gasteiger partial charge in [-0.25, -0.2) is 0 Å². The number of phenols is 4. The molecule has 100 heavy (non-hydrogen) atoms. The van der Waals surface area contributed by atoms with E-state index < -0.39 is 28.6 Å². The molecule has 0 amide bonds. The maximum atomic E-state index is 16.0. The van der Waals surface area contributed by atoms with Crippen molar-refractivity contribution in [2.75, 3.05) is 24.6 Å². The molecule has 8 bridgehead atoms. The smallest absolute Gasteiger partial charge is 0.143 e. The SMILES string of the molecule is CCCCCCCCP(=O)(Cc1cc2c(O)c(c1)Sc1cc(C[P@@](=O)(CCCCCCCC)c3ccccc3)cc(c1O)Sc1cc(C[P@@](=O)(CCCCCCCC)c3ccccc3)cc(c1O)Sc1cc(C[P@](=O)(CCCCCCCC)c3ccccc3)cc(c1O)S2)c1ccccc1. The van der Waals surface area contributed by atoms with Crippen LogP contribution in [-0.2, 0) is 42.9 Å². The highest BCUT2D eigenvalue weighted by Gasteiger charge is 2.33. The van der Waals surface area contributed by atoms with Crippen LogP contribution in [0.2, 0.25) is 0 Å². The standard InChI is InChI=1S/C84H108O8P4S4/c1-5-9-13-17-21-37-49-93(89,69-41-29-25-30-42-69)61-65-53-73-81(85)74(54-65)98-76-56-67(63-95(91,71-45-33-27-34-46-71)51-39-23-19-15-11-7-3)58-78(83(76)87)100-80-60-68(64-96(92,72-47-35-28-36-48-72)52-40-24-20-16-12-8-4)59-79(84(80)88)99-77-57-66(55-75(97-73)82(77)86)62-94(90,70-43-31-26-32-44-70)50-38-22-18-14-10-6-2/h25-36,41-48,53-60,85-88H,5-24,37-40,49-52,61-64H2,1-4H3/t93-,94-,95+,96?/m0/s1. The Morgan fingerprint density at radius 3 is 0.570 bits per heavy atom. The van der Waals surface area contributed by atoms with Gasteiger partial charge in [-0.05, 0) is 96.5 Å². The highest BCUT2D eigenvalue weighted by molar-refractivity contribution is 8.01. The van der Waals surface area contributed by atoms with Crippen molar-refractivity contribution < 1.29 is 38.7 Å². The molecule has 0 fully saturated rings. The first-order valence-electron chi connectivity index (χ1n) is 37.2. The van der Waals surface area contributed by atoms with Gasteiger partial charge >= 0.3 is 0 Å². The van der Waals surface area contributed by atoms with E-state index in [9.17, 15) is 20.4 Å². The van der Waals surface area contributed by atoms with Gasteiger partial charge in [-0.2, -0.15) is 0 Å². The Bertz CT molecular complexity index is 3460. The fraction of sp³-hybridized carbons (Fsp3) is 0.429. The van der Waals surface area contributed by atoms with E-state index in [1.54, 1.807) is 0 Å². The molecule has 8 aromatic carbocycles. The molecule has 1 aliphatic heterocycles. The lowest BCUT2D eigenvalue weighted by molar-refractivity contribution is 0.443. The first kappa shape index (κ1) is 79.4. The van der Waals surface area contributed by atoms with Crippen LogP contribution >= 0.6 is 75.6 Å². The molecule has 1 heterocycles. The van der Waals surface area contributed by atoms with Gasteiger partial charge in [-0.15, -0.1) is 0 Å². The summed E-state index contributed by atoms with van der Waals surface area (Å²) in [5.74, 6) is -0.383. The number of unbranched alkanes of at least 4 members (excludes halogenated alkanes) is 20. The van der Waals surface area contributed by atoms with Gasteiger partial charge in [0, 0.05) is 70.5 Å². The summed E-state index contributed by atoms with van der Waals surface area (Å²) in [5.41, 5.74) is 2.87. The van der Waals surface area contributed by atoms with Crippen LogP contribution in [0.25, 0.3) is 0 Å². The molecule has 9 rings (SSSR count). The van der Waals surface area contributed by atoms with Crippen LogP contribution in [0, 0.1) is 0 Å². The third kappa shape index (κ3) is 22.6. The van der Waals surface area contributed by atoms with Crippen LogP contribution in [0.5, 0.6) is 23.0 Å². The van der Waals surface area contributed by atoms with Crippen molar-refractivity contribution >= 4 is 96.8 Å². The summed E-state index contributed by atoms with van der Waals surface area (Å²) in [5, 5.41) is 55.4. The normalized spacial score (nSPS) is 14.8. The second-order valence-corrected chi connectivity index (χ2v) is 44.2. The number of hydrogen-bond donors (Lipinski definition) is 4. The van der Waals surface area contributed by atoms with E-state index >= 15 is 18.3 Å². The van der Waals surface area contributed by atoms with Gasteiger partial charge in [0.15, 0.2) is 0 Å². The summed E-state index contributed by atoms with van der Waals surface area (Å²) in [4.78, 5) is 3.11. The molecule has 4 atom stereocenters. The zero-order valence-electron chi connectivity index (χ0n) is 59.6. The minimum absolute atomic E-state index is 0.0957. The molecule has 1 aliphatic rings. The van der Waals surface area contributed by atoms with Crippen LogP contribution in [0.1, 0.15) is 204 Å². The lowest BCUT2D eigenvalue weighted by Gasteiger charge is -2.23. The molecule has 536 valence electrons. The van der Waals surface area contributed by atoms with Gasteiger partial charge in [0.1, 0.15) is 51.6 Å². The van der Waals surface area contributed by atoms with E-state index in [4.69, 9.17) is 0 Å². The lowest BCUT2D eigenvalue weighted by Crippen LogP contribution is -2.10. The molecule has 1 unspecified atom stereocenters. The predicted molar refractivity (Wildman–Crippen MR) is 431 cm³/mol. The molecular formula is C84H108O8P4S4. The maximum Gasteiger partial charge on any atom is 0.143 e. The largest absolute Gasteiger partial charge is 0.506 e. The molecule has 0 aromatic heterocycles. The van der Waals surface area contributed by atoms with E-state index in [1.165, 1.54) is 47.0 Å². The van der Waals surface area contributed by atoms with Gasteiger partial charge in [0.25, 0.3) is 0 Å². The van der Waals surface area contributed by atoms with Gasteiger partial charge in [0.05, 0.1) is 39.2 Å². The van der Waals surface area contributed by atoms with Crippen molar-refractivity contribution in [2.24, 2.45) is 0 Å². The maximum absolute atomic E-state index is 16.0. The molecule has 0 saturated heterocycles. The number of rotatable bonds is 40. The van der Waals surface area contributed by atoms with Crippen LogP contribution in [-0.4, -0.2) is 45.1 Å². The van der Waals surface area contributed by atoms with Crippen LogP contribution < -0.4 is 21.2 Å². The zero-order chi connectivity index (χ0) is 70.8. The van der Waals surface area contributed by atoms with Gasteiger partial charge in [0.2, 0.25) is 0 Å². The van der Waals surface area contributed by atoms with E-state index in [-0.39, 0.29) is 47.6 Å². The monoisotopic (exact) mass is 1500 g/mol. The average Bonchev–Trinajstić information content (AvgIpc) is 0.773. The number of phenolic OH excluding ortho intramolecular Hbond substituents is 4. The minimum Gasteiger partial charge on any atom is -0.506 e. The molecule has 8 nitrogen and oxygen atoms in total. The van der Waals surface area contributed by atoms with Crippen molar-refractivity contribution in [2.45, 2.75) is 246 Å². The van der Waals surface area contributed by atoms with E-state index in [0.717, 1.165) is 175 Å². The Labute approximate surface area is 616 Å². The van der Waals surface area contributed by atoms with Crippen molar-refractivity contribution in [1.82, 2.24) is 0 Å². The number of benzene rings is 8. The van der Waals surface area contributed by atoms with E-state index in [1.807, 2.05) is 170 Å². The molecular weight excluding hydrogens is 1390 g/mol. The molecule has 0 saturated carbocycles. The minimum atomic E-state index is -3.16. The fourth-order valence-electron chi connectivity index (χ4n) is 13.8. The Hall–Kier alpha value is -4.72. The average molecular weight is 1500 g/mol. The topological polar surface area (TPSA) is 149 Å². The first-order valence-corrected chi connectivity index (χ1v) is 48.8. The molecule has 0 radical (unpaired) electrons. The van der Waals surface area contributed by atoms with Crippen LogP contribution in [0.15, 0.2) is 209 Å². The summed E-state index contributed by atoms with van der Waals surface area (Å²) in [6.07, 6.45) is 27.7. The number of hydrogen-bond acceptors (Lipinski definition) is 12. The summed E-state index contributed by atoms with van der Waals surface area (Å²) < 4.78 is 64.0. The van der Waals surface area contributed by atoms with Crippen LogP contribution in [0.4, 0.5) is 0 Å². The Morgan fingerprint density at radius 1 is 0.240 bits per heavy atom.